The predicted molar refractivity (Wildman–Crippen MR) is 60.3 cm³/mol. The maximum absolute atomic E-state index is 9.12. The Labute approximate surface area is 91.7 Å². The van der Waals surface area contributed by atoms with E-state index in [9.17, 15) is 0 Å². The molecular weight excluding hydrogens is 186 g/mol. The minimum atomic E-state index is -0.265. The summed E-state index contributed by atoms with van der Waals surface area (Å²) in [6.45, 7) is 6.15. The lowest BCUT2D eigenvalue weighted by atomic mass is 9.84. The lowest BCUT2D eigenvalue weighted by Crippen LogP contribution is -2.17. The Balaban J connectivity index is 2.89. The molecule has 82 valence electrons. The Kier molecular flexibility index (Phi) is 3.52. The molecule has 1 aromatic rings. The van der Waals surface area contributed by atoms with Crippen LogP contribution in [0, 0.1) is 16.7 Å². The zero-order valence-corrected chi connectivity index (χ0v) is 10.0. The number of hydrogen-bond donors (Lipinski definition) is 0. The third-order valence-electron chi connectivity index (χ3n) is 3.01. The average Bonchev–Trinajstić information content (AvgIpc) is 2.59. The molecule has 1 rings (SSSR count). The van der Waals surface area contributed by atoms with E-state index in [2.05, 4.69) is 31.1 Å². The molecule has 0 saturated heterocycles. The van der Waals surface area contributed by atoms with E-state index in [0.29, 0.717) is 0 Å². The van der Waals surface area contributed by atoms with Gasteiger partial charge in [-0.1, -0.05) is 13.8 Å². The summed E-state index contributed by atoms with van der Waals surface area (Å²) in [5.74, 6) is 0. The number of nitrogens with zero attached hydrogens (tertiary/aromatic N) is 3. The van der Waals surface area contributed by atoms with Crippen molar-refractivity contribution in [1.29, 1.82) is 5.26 Å². The molecule has 0 spiro atoms. The molecule has 1 atom stereocenters. The van der Waals surface area contributed by atoms with Crippen molar-refractivity contribution in [3.05, 3.63) is 17.5 Å². The number of rotatable bonds is 4. The van der Waals surface area contributed by atoms with Gasteiger partial charge in [-0.3, -0.25) is 4.68 Å². The van der Waals surface area contributed by atoms with Gasteiger partial charge in [-0.25, -0.2) is 0 Å². The van der Waals surface area contributed by atoms with Gasteiger partial charge in [-0.2, -0.15) is 10.4 Å². The molecule has 1 aromatic heterocycles. The average molecular weight is 205 g/mol. The quantitative estimate of drug-likeness (QED) is 0.757. The Morgan fingerprint density at radius 2 is 2.20 bits per heavy atom. The Morgan fingerprint density at radius 1 is 1.53 bits per heavy atom. The molecule has 3 nitrogen and oxygen atoms in total. The first-order valence-corrected chi connectivity index (χ1v) is 5.47. The molecule has 15 heavy (non-hydrogen) atoms. The third-order valence-corrected chi connectivity index (χ3v) is 3.01. The molecular formula is C12H19N3. The fraction of sp³-hybridized carbons (Fsp3) is 0.667. The Bertz CT molecular complexity index is 373. The van der Waals surface area contributed by atoms with E-state index in [4.69, 9.17) is 5.26 Å². The van der Waals surface area contributed by atoms with Gasteiger partial charge in [-0.05, 0) is 25.8 Å². The number of aryl methyl sites for hydroxylation is 2. The number of hydrogen-bond acceptors (Lipinski definition) is 2. The van der Waals surface area contributed by atoms with Crippen LogP contribution in [0.4, 0.5) is 0 Å². The van der Waals surface area contributed by atoms with Gasteiger partial charge < -0.3 is 0 Å². The summed E-state index contributed by atoms with van der Waals surface area (Å²) in [5, 5.41) is 13.5. The molecule has 0 amide bonds. The second kappa shape index (κ2) is 4.48. The molecule has 0 N–H and O–H groups in total. The van der Waals surface area contributed by atoms with Crippen molar-refractivity contribution in [3.8, 4) is 6.07 Å². The largest absolute Gasteiger partial charge is 0.272 e. The summed E-state index contributed by atoms with van der Waals surface area (Å²) < 4.78 is 1.89. The van der Waals surface area contributed by atoms with Crippen LogP contribution in [-0.4, -0.2) is 9.78 Å². The summed E-state index contributed by atoms with van der Waals surface area (Å²) in [7, 11) is 1.95. The topological polar surface area (TPSA) is 41.6 Å². The van der Waals surface area contributed by atoms with Crippen molar-refractivity contribution in [2.45, 2.75) is 40.0 Å². The third kappa shape index (κ3) is 2.59. The van der Waals surface area contributed by atoms with Gasteiger partial charge in [0.15, 0.2) is 0 Å². The van der Waals surface area contributed by atoms with Gasteiger partial charge in [0.05, 0.1) is 17.2 Å². The summed E-state index contributed by atoms with van der Waals surface area (Å²) in [6.07, 6.45) is 2.60. The lowest BCUT2D eigenvalue weighted by molar-refractivity contribution is 0.409. The van der Waals surface area contributed by atoms with Crippen LogP contribution in [0.25, 0.3) is 0 Å². The summed E-state index contributed by atoms with van der Waals surface area (Å²) in [4.78, 5) is 0. The zero-order valence-electron chi connectivity index (χ0n) is 10.0. The van der Waals surface area contributed by atoms with Crippen LogP contribution >= 0.6 is 0 Å². The monoisotopic (exact) mass is 205 g/mol. The van der Waals surface area contributed by atoms with E-state index in [1.54, 1.807) is 0 Å². The van der Waals surface area contributed by atoms with Gasteiger partial charge in [0.2, 0.25) is 0 Å². The predicted octanol–water partition coefficient (Wildman–Crippen LogP) is 2.46. The van der Waals surface area contributed by atoms with Crippen molar-refractivity contribution >= 4 is 0 Å². The van der Waals surface area contributed by atoms with Crippen molar-refractivity contribution in [2.75, 3.05) is 0 Å². The molecule has 1 heterocycles. The summed E-state index contributed by atoms with van der Waals surface area (Å²) in [6, 6.07) is 4.49. The first kappa shape index (κ1) is 11.8. The molecule has 1 unspecified atom stereocenters. The second-order valence-corrected chi connectivity index (χ2v) is 4.31. The fourth-order valence-corrected chi connectivity index (χ4v) is 1.55. The van der Waals surface area contributed by atoms with Crippen LogP contribution in [0.5, 0.6) is 0 Å². The van der Waals surface area contributed by atoms with Gasteiger partial charge in [0.1, 0.15) is 0 Å². The van der Waals surface area contributed by atoms with E-state index in [1.807, 2.05) is 18.7 Å². The molecule has 0 bridgehead atoms. The normalized spacial score (nSPS) is 14.6. The maximum atomic E-state index is 9.12. The smallest absolute Gasteiger partial charge is 0.0690 e. The molecule has 0 aliphatic heterocycles. The van der Waals surface area contributed by atoms with Crippen LogP contribution in [0.3, 0.4) is 0 Å². The van der Waals surface area contributed by atoms with Crippen molar-refractivity contribution in [2.24, 2.45) is 12.5 Å². The van der Waals surface area contributed by atoms with Gasteiger partial charge in [0.25, 0.3) is 0 Å². The van der Waals surface area contributed by atoms with Crippen LogP contribution in [0.2, 0.25) is 0 Å². The minimum absolute atomic E-state index is 0.265. The second-order valence-electron chi connectivity index (χ2n) is 4.31. The SMILES string of the molecule is CCc1cc(CC(C)(C#N)CC)n(C)n1. The van der Waals surface area contributed by atoms with E-state index in [0.717, 1.165) is 30.7 Å². The van der Waals surface area contributed by atoms with Crippen molar-refractivity contribution in [1.82, 2.24) is 9.78 Å². The molecule has 0 radical (unpaired) electrons. The van der Waals surface area contributed by atoms with Crippen molar-refractivity contribution < 1.29 is 0 Å². The molecule has 0 aliphatic carbocycles. The molecule has 3 heteroatoms. The van der Waals surface area contributed by atoms with E-state index >= 15 is 0 Å². The van der Waals surface area contributed by atoms with Crippen molar-refractivity contribution in [3.63, 3.8) is 0 Å². The number of aromatic nitrogens is 2. The fourth-order valence-electron chi connectivity index (χ4n) is 1.55. The highest BCUT2D eigenvalue weighted by molar-refractivity contribution is 5.14. The minimum Gasteiger partial charge on any atom is -0.272 e. The highest BCUT2D eigenvalue weighted by Gasteiger charge is 2.23. The van der Waals surface area contributed by atoms with Crippen LogP contribution in [0.15, 0.2) is 6.07 Å². The van der Waals surface area contributed by atoms with E-state index < -0.39 is 0 Å². The van der Waals surface area contributed by atoms with Crippen LogP contribution in [0.1, 0.15) is 38.6 Å². The molecule has 0 saturated carbocycles. The van der Waals surface area contributed by atoms with E-state index in [-0.39, 0.29) is 5.41 Å². The van der Waals surface area contributed by atoms with Crippen LogP contribution in [-0.2, 0) is 19.9 Å². The molecule has 0 aliphatic rings. The van der Waals surface area contributed by atoms with Gasteiger partial charge >= 0.3 is 0 Å². The molecule has 0 fully saturated rings. The number of nitriles is 1. The lowest BCUT2D eigenvalue weighted by Gasteiger charge is -2.18. The highest BCUT2D eigenvalue weighted by Crippen LogP contribution is 2.25. The standard InChI is InChI=1S/C12H19N3/c1-5-10-7-11(15(4)14-10)8-12(3,6-2)9-13/h7H,5-6,8H2,1-4H3. The van der Waals surface area contributed by atoms with Crippen LogP contribution < -0.4 is 0 Å². The van der Waals surface area contributed by atoms with Gasteiger partial charge in [-0.15, -0.1) is 0 Å². The Morgan fingerprint density at radius 3 is 2.60 bits per heavy atom. The maximum Gasteiger partial charge on any atom is 0.0690 e. The first-order chi connectivity index (χ1) is 7.04. The first-order valence-electron chi connectivity index (χ1n) is 5.47. The highest BCUT2D eigenvalue weighted by atomic mass is 15.3. The summed E-state index contributed by atoms with van der Waals surface area (Å²) >= 11 is 0. The Hall–Kier alpha value is -1.30. The summed E-state index contributed by atoms with van der Waals surface area (Å²) in [5.41, 5.74) is 1.99. The van der Waals surface area contributed by atoms with Gasteiger partial charge in [0, 0.05) is 19.2 Å². The molecule has 0 aromatic carbocycles. The van der Waals surface area contributed by atoms with E-state index in [1.165, 1.54) is 0 Å². The zero-order chi connectivity index (χ0) is 11.5.